The number of pyridine rings is 1. The molecular weight excluding hydrogens is 459 g/mol. The molecule has 0 unspecified atom stereocenters. The van der Waals surface area contributed by atoms with E-state index in [1.54, 1.807) is 48.7 Å². The summed E-state index contributed by atoms with van der Waals surface area (Å²) in [6, 6.07) is 17.8. The Labute approximate surface area is 196 Å². The number of nitrogens with one attached hydrogen (secondary N) is 1. The van der Waals surface area contributed by atoms with Crippen LogP contribution in [0, 0.1) is 5.82 Å². The number of ether oxygens (including phenoxy) is 3. The molecule has 0 radical (unpaired) electrons. The molecule has 34 heavy (non-hydrogen) atoms. The van der Waals surface area contributed by atoms with Gasteiger partial charge in [0.2, 0.25) is 0 Å². The van der Waals surface area contributed by atoms with Crippen molar-refractivity contribution in [1.29, 1.82) is 0 Å². The van der Waals surface area contributed by atoms with E-state index in [1.807, 2.05) is 6.07 Å². The fourth-order valence-corrected chi connectivity index (χ4v) is 4.10. The van der Waals surface area contributed by atoms with Crippen molar-refractivity contribution < 1.29 is 27.0 Å². The monoisotopic (exact) mass is 480 g/mol. The molecule has 0 atom stereocenters. The molecule has 3 aromatic carbocycles. The molecule has 0 saturated heterocycles. The summed E-state index contributed by atoms with van der Waals surface area (Å²) in [5.41, 5.74) is 1.11. The van der Waals surface area contributed by atoms with Gasteiger partial charge in [-0.1, -0.05) is 30.3 Å². The van der Waals surface area contributed by atoms with Crippen molar-refractivity contribution in [2.75, 3.05) is 18.9 Å². The van der Waals surface area contributed by atoms with Gasteiger partial charge in [0.1, 0.15) is 11.5 Å². The highest BCUT2D eigenvalue weighted by Gasteiger charge is 2.14. The third-order valence-electron chi connectivity index (χ3n) is 4.87. The molecule has 0 amide bonds. The SMILES string of the molecule is COc1cc2nccc(Oc3ccc(NS(=O)(=O)C=Cc4ccccc4)c(F)c3)c2cc1OC. The topological polar surface area (TPSA) is 86.8 Å². The van der Waals surface area contributed by atoms with Crippen LogP contribution in [0.4, 0.5) is 10.1 Å². The van der Waals surface area contributed by atoms with Gasteiger partial charge in [0.25, 0.3) is 10.0 Å². The summed E-state index contributed by atoms with van der Waals surface area (Å²) in [6.45, 7) is 0. The third kappa shape index (κ3) is 5.26. The van der Waals surface area contributed by atoms with Crippen LogP contribution in [0.15, 0.2) is 78.3 Å². The minimum atomic E-state index is -3.92. The number of nitrogens with zero attached hydrogens (tertiary/aromatic N) is 1. The lowest BCUT2D eigenvalue weighted by atomic mass is 10.2. The molecule has 4 rings (SSSR count). The van der Waals surface area contributed by atoms with Crippen molar-refractivity contribution in [3.8, 4) is 23.0 Å². The molecule has 0 aliphatic rings. The number of hydrogen-bond donors (Lipinski definition) is 1. The molecule has 1 N–H and O–H groups in total. The summed E-state index contributed by atoms with van der Waals surface area (Å²) < 4.78 is 58.1. The number of rotatable bonds is 8. The molecular formula is C25H21FN2O5S. The Morgan fingerprint density at radius 2 is 1.65 bits per heavy atom. The standard InChI is InChI=1S/C25H21FN2O5S/c1-31-24-15-19-22(16-25(24)32-2)27-12-10-23(19)33-18-8-9-21(20(26)14-18)28-34(29,30)13-11-17-6-4-3-5-7-17/h3-16,28H,1-2H3. The van der Waals surface area contributed by atoms with Crippen molar-refractivity contribution in [3.63, 3.8) is 0 Å². The second kappa shape index (κ2) is 9.80. The quantitative estimate of drug-likeness (QED) is 0.354. The summed E-state index contributed by atoms with van der Waals surface area (Å²) in [7, 11) is -0.869. The molecule has 174 valence electrons. The number of anilines is 1. The van der Waals surface area contributed by atoms with Crippen LogP contribution in [-0.4, -0.2) is 27.6 Å². The van der Waals surface area contributed by atoms with Crippen LogP contribution < -0.4 is 18.9 Å². The van der Waals surface area contributed by atoms with Gasteiger partial charge in [-0.05, 0) is 35.9 Å². The average Bonchev–Trinajstić information content (AvgIpc) is 2.84. The lowest BCUT2D eigenvalue weighted by molar-refractivity contribution is 0.355. The van der Waals surface area contributed by atoms with E-state index in [4.69, 9.17) is 14.2 Å². The van der Waals surface area contributed by atoms with Crippen LogP contribution in [0.5, 0.6) is 23.0 Å². The van der Waals surface area contributed by atoms with E-state index < -0.39 is 15.8 Å². The van der Waals surface area contributed by atoms with Gasteiger partial charge in [0, 0.05) is 23.7 Å². The lowest BCUT2D eigenvalue weighted by Crippen LogP contribution is -2.10. The lowest BCUT2D eigenvalue weighted by Gasteiger charge is -2.13. The van der Waals surface area contributed by atoms with Gasteiger partial charge in [-0.25, -0.2) is 12.8 Å². The van der Waals surface area contributed by atoms with Crippen LogP contribution in [0.1, 0.15) is 5.56 Å². The normalized spacial score (nSPS) is 11.5. The zero-order valence-electron chi connectivity index (χ0n) is 18.4. The maximum atomic E-state index is 14.7. The molecule has 0 aliphatic carbocycles. The molecule has 0 bridgehead atoms. The maximum Gasteiger partial charge on any atom is 0.255 e. The Balaban J connectivity index is 1.56. The summed E-state index contributed by atoms with van der Waals surface area (Å²) >= 11 is 0. The van der Waals surface area contributed by atoms with Crippen LogP contribution in [0.2, 0.25) is 0 Å². The Morgan fingerprint density at radius 3 is 2.35 bits per heavy atom. The van der Waals surface area contributed by atoms with E-state index in [0.717, 1.165) is 11.5 Å². The molecule has 7 nitrogen and oxygen atoms in total. The van der Waals surface area contributed by atoms with Crippen molar-refractivity contribution in [1.82, 2.24) is 4.98 Å². The average molecular weight is 481 g/mol. The summed E-state index contributed by atoms with van der Waals surface area (Å²) in [4.78, 5) is 4.31. The Hall–Kier alpha value is -4.11. The van der Waals surface area contributed by atoms with E-state index in [2.05, 4.69) is 9.71 Å². The van der Waals surface area contributed by atoms with Crippen molar-refractivity contribution in [3.05, 3.63) is 89.7 Å². The van der Waals surface area contributed by atoms with Gasteiger partial charge in [0.05, 0.1) is 30.8 Å². The number of aromatic nitrogens is 1. The fourth-order valence-electron chi connectivity index (χ4n) is 3.23. The van der Waals surface area contributed by atoms with Gasteiger partial charge >= 0.3 is 0 Å². The van der Waals surface area contributed by atoms with E-state index >= 15 is 0 Å². The van der Waals surface area contributed by atoms with Gasteiger partial charge in [-0.15, -0.1) is 0 Å². The Kier molecular flexibility index (Phi) is 6.65. The highest BCUT2D eigenvalue weighted by molar-refractivity contribution is 7.95. The number of benzene rings is 3. The van der Waals surface area contributed by atoms with Gasteiger partial charge in [0.15, 0.2) is 17.3 Å². The highest BCUT2D eigenvalue weighted by Crippen LogP contribution is 2.37. The first kappa shape index (κ1) is 23.1. The van der Waals surface area contributed by atoms with E-state index in [1.165, 1.54) is 32.4 Å². The predicted octanol–water partition coefficient (Wildman–Crippen LogP) is 5.60. The summed E-state index contributed by atoms with van der Waals surface area (Å²) in [5.74, 6) is 0.829. The molecule has 1 heterocycles. The zero-order valence-corrected chi connectivity index (χ0v) is 19.2. The van der Waals surface area contributed by atoms with Crippen LogP contribution in [0.3, 0.4) is 0 Å². The van der Waals surface area contributed by atoms with Gasteiger partial charge < -0.3 is 14.2 Å². The highest BCUT2D eigenvalue weighted by atomic mass is 32.2. The van der Waals surface area contributed by atoms with Crippen LogP contribution in [-0.2, 0) is 10.0 Å². The molecule has 4 aromatic rings. The van der Waals surface area contributed by atoms with Crippen molar-refractivity contribution >= 4 is 32.7 Å². The second-order valence-electron chi connectivity index (χ2n) is 7.14. The third-order valence-corrected chi connectivity index (χ3v) is 5.87. The largest absolute Gasteiger partial charge is 0.493 e. The number of hydrogen-bond acceptors (Lipinski definition) is 6. The second-order valence-corrected chi connectivity index (χ2v) is 8.70. The van der Waals surface area contributed by atoms with Crippen LogP contribution in [0.25, 0.3) is 17.0 Å². The molecule has 9 heteroatoms. The Bertz CT molecular complexity index is 1460. The number of sulfonamides is 1. The smallest absolute Gasteiger partial charge is 0.255 e. The Morgan fingerprint density at radius 1 is 0.912 bits per heavy atom. The zero-order chi connectivity index (χ0) is 24.1. The first-order valence-corrected chi connectivity index (χ1v) is 11.7. The summed E-state index contributed by atoms with van der Waals surface area (Å²) in [6.07, 6.45) is 2.98. The molecule has 0 saturated carbocycles. The van der Waals surface area contributed by atoms with E-state index in [-0.39, 0.29) is 11.4 Å². The first-order valence-electron chi connectivity index (χ1n) is 10.1. The first-order chi connectivity index (χ1) is 16.4. The molecule has 0 aliphatic heterocycles. The number of fused-ring (bicyclic) bond motifs is 1. The van der Waals surface area contributed by atoms with E-state index in [9.17, 15) is 12.8 Å². The summed E-state index contributed by atoms with van der Waals surface area (Å²) in [5, 5.41) is 1.62. The molecule has 1 aromatic heterocycles. The van der Waals surface area contributed by atoms with Gasteiger partial charge in [-0.3, -0.25) is 9.71 Å². The molecule has 0 spiro atoms. The van der Waals surface area contributed by atoms with E-state index in [0.29, 0.717) is 33.7 Å². The van der Waals surface area contributed by atoms with Gasteiger partial charge in [-0.2, -0.15) is 0 Å². The van der Waals surface area contributed by atoms with Crippen molar-refractivity contribution in [2.45, 2.75) is 0 Å². The van der Waals surface area contributed by atoms with Crippen molar-refractivity contribution in [2.24, 2.45) is 0 Å². The molecule has 0 fully saturated rings. The minimum Gasteiger partial charge on any atom is -0.493 e. The van der Waals surface area contributed by atoms with Crippen LogP contribution >= 0.6 is 0 Å². The fraction of sp³-hybridized carbons (Fsp3) is 0.0800. The number of halogens is 1. The predicted molar refractivity (Wildman–Crippen MR) is 129 cm³/mol. The minimum absolute atomic E-state index is 0.183. The number of methoxy groups -OCH3 is 2. The maximum absolute atomic E-state index is 14.7.